The molecule has 2 aliphatic rings. The highest BCUT2D eigenvalue weighted by Crippen LogP contribution is 2.40. The van der Waals surface area contributed by atoms with Crippen LogP contribution in [0.5, 0.6) is 5.75 Å². The standard InChI is InChI=1S/C25H30ClFN2O2/c1-16-7-8-18-22(14-25(2,3)31-23(18)13-16)28-24(30)17-9-11-29(12-10-17)15-19-20(26)5-4-6-21(19)27/h4-8,13,17,22H,9-12,14-15H2,1-3H3,(H,28,30)/t22-/m1/s1. The summed E-state index contributed by atoms with van der Waals surface area (Å²) in [6.07, 6.45) is 2.25. The zero-order valence-corrected chi connectivity index (χ0v) is 19.1. The number of hydrogen-bond acceptors (Lipinski definition) is 3. The number of nitrogens with one attached hydrogen (secondary N) is 1. The van der Waals surface area contributed by atoms with Crippen molar-refractivity contribution in [1.82, 2.24) is 10.2 Å². The van der Waals surface area contributed by atoms with Gasteiger partial charge < -0.3 is 10.1 Å². The normalized spacial score (nSPS) is 21.3. The Kier molecular flexibility index (Phi) is 6.27. The highest BCUT2D eigenvalue weighted by Gasteiger charge is 2.36. The number of piperidine rings is 1. The van der Waals surface area contributed by atoms with E-state index >= 15 is 0 Å². The number of likely N-dealkylation sites (tertiary alicyclic amines) is 1. The molecule has 0 aromatic heterocycles. The summed E-state index contributed by atoms with van der Waals surface area (Å²) in [4.78, 5) is 15.2. The zero-order chi connectivity index (χ0) is 22.2. The van der Waals surface area contributed by atoms with E-state index in [1.807, 2.05) is 13.0 Å². The highest BCUT2D eigenvalue weighted by atomic mass is 35.5. The number of carbonyl (C=O) groups excluding carboxylic acids is 1. The van der Waals surface area contributed by atoms with E-state index in [0.29, 0.717) is 17.1 Å². The van der Waals surface area contributed by atoms with Crippen molar-refractivity contribution in [3.05, 3.63) is 63.9 Å². The lowest BCUT2D eigenvalue weighted by molar-refractivity contribution is -0.127. The second-order valence-corrected chi connectivity index (χ2v) is 9.83. The van der Waals surface area contributed by atoms with Crippen molar-refractivity contribution >= 4 is 17.5 Å². The van der Waals surface area contributed by atoms with Crippen molar-refractivity contribution in [1.29, 1.82) is 0 Å². The van der Waals surface area contributed by atoms with Gasteiger partial charge in [-0.05, 0) is 70.5 Å². The van der Waals surface area contributed by atoms with Crippen molar-refractivity contribution < 1.29 is 13.9 Å². The van der Waals surface area contributed by atoms with Gasteiger partial charge in [0.2, 0.25) is 5.91 Å². The molecule has 4 nitrogen and oxygen atoms in total. The summed E-state index contributed by atoms with van der Waals surface area (Å²) in [7, 11) is 0. The predicted molar refractivity (Wildman–Crippen MR) is 121 cm³/mol. The summed E-state index contributed by atoms with van der Waals surface area (Å²) in [5.41, 5.74) is 2.39. The van der Waals surface area contributed by atoms with E-state index in [2.05, 4.69) is 36.2 Å². The first kappa shape index (κ1) is 22.1. The minimum atomic E-state index is -0.332. The molecule has 0 bridgehead atoms. The van der Waals surface area contributed by atoms with Crippen LogP contribution >= 0.6 is 11.6 Å². The SMILES string of the molecule is Cc1ccc2c(c1)OC(C)(C)C[C@H]2NC(=O)C1CCN(Cc2c(F)cccc2Cl)CC1. The molecule has 4 rings (SSSR count). The molecule has 6 heteroatoms. The lowest BCUT2D eigenvalue weighted by Crippen LogP contribution is -2.45. The largest absolute Gasteiger partial charge is 0.487 e. The van der Waals surface area contributed by atoms with Gasteiger partial charge in [-0.15, -0.1) is 0 Å². The van der Waals surface area contributed by atoms with Gasteiger partial charge in [-0.1, -0.05) is 29.8 Å². The maximum atomic E-state index is 14.1. The molecular weight excluding hydrogens is 415 g/mol. The predicted octanol–water partition coefficient (Wildman–Crippen LogP) is 5.42. The van der Waals surface area contributed by atoms with Crippen molar-refractivity contribution in [2.45, 2.75) is 58.2 Å². The van der Waals surface area contributed by atoms with Crippen molar-refractivity contribution in [2.24, 2.45) is 5.92 Å². The fraction of sp³-hybridized carbons (Fsp3) is 0.480. The Bertz CT molecular complexity index is 950. The molecule has 166 valence electrons. The molecule has 2 heterocycles. The monoisotopic (exact) mass is 444 g/mol. The zero-order valence-electron chi connectivity index (χ0n) is 18.4. The summed E-state index contributed by atoms with van der Waals surface area (Å²) in [5, 5.41) is 3.74. The van der Waals surface area contributed by atoms with Crippen LogP contribution in [0.2, 0.25) is 5.02 Å². The van der Waals surface area contributed by atoms with E-state index in [1.165, 1.54) is 6.07 Å². The van der Waals surface area contributed by atoms with Crippen LogP contribution in [0.4, 0.5) is 4.39 Å². The molecule has 1 fully saturated rings. The molecule has 1 saturated heterocycles. The van der Waals surface area contributed by atoms with Gasteiger partial charge in [0.15, 0.2) is 0 Å². The fourth-order valence-electron chi connectivity index (χ4n) is 4.64. The van der Waals surface area contributed by atoms with Crippen LogP contribution in [0.25, 0.3) is 0 Å². The van der Waals surface area contributed by atoms with Crippen LogP contribution in [0, 0.1) is 18.7 Å². The lowest BCUT2D eigenvalue weighted by atomic mass is 9.88. The third-order valence-corrected chi connectivity index (χ3v) is 6.70. The molecule has 0 radical (unpaired) electrons. The maximum Gasteiger partial charge on any atom is 0.223 e. The van der Waals surface area contributed by atoms with Gasteiger partial charge in [0, 0.05) is 35.0 Å². The van der Waals surface area contributed by atoms with Crippen molar-refractivity contribution in [2.75, 3.05) is 13.1 Å². The first-order chi connectivity index (χ1) is 14.7. The number of amides is 1. The number of benzene rings is 2. The second-order valence-electron chi connectivity index (χ2n) is 9.42. The maximum absolute atomic E-state index is 14.1. The Balaban J connectivity index is 1.37. The van der Waals surface area contributed by atoms with Crippen LogP contribution in [0.15, 0.2) is 36.4 Å². The molecule has 0 unspecified atom stereocenters. The van der Waals surface area contributed by atoms with Gasteiger partial charge in [0.05, 0.1) is 6.04 Å². The smallest absolute Gasteiger partial charge is 0.223 e. The van der Waals surface area contributed by atoms with E-state index in [9.17, 15) is 9.18 Å². The Morgan fingerprint density at radius 1 is 1.26 bits per heavy atom. The Morgan fingerprint density at radius 2 is 2.00 bits per heavy atom. The van der Waals surface area contributed by atoms with Crippen LogP contribution < -0.4 is 10.1 Å². The summed E-state index contributed by atoms with van der Waals surface area (Å²) >= 11 is 6.17. The minimum absolute atomic E-state index is 0.0350. The molecular formula is C25H30ClFN2O2. The molecule has 1 atom stereocenters. The van der Waals surface area contributed by atoms with Gasteiger partial charge in [-0.2, -0.15) is 0 Å². The third-order valence-electron chi connectivity index (χ3n) is 6.34. The number of carbonyl (C=O) groups is 1. The number of fused-ring (bicyclic) bond motifs is 1. The Morgan fingerprint density at radius 3 is 2.71 bits per heavy atom. The number of nitrogens with zero attached hydrogens (tertiary/aromatic N) is 1. The van der Waals surface area contributed by atoms with Gasteiger partial charge in [0.25, 0.3) is 0 Å². The number of halogens is 2. The molecule has 2 aromatic rings. The number of hydrogen-bond donors (Lipinski definition) is 1. The van der Waals surface area contributed by atoms with E-state index in [4.69, 9.17) is 16.3 Å². The molecule has 1 N–H and O–H groups in total. The average molecular weight is 445 g/mol. The Hall–Kier alpha value is -2.11. The lowest BCUT2D eigenvalue weighted by Gasteiger charge is -2.39. The molecule has 2 aromatic carbocycles. The summed E-state index contributed by atoms with van der Waals surface area (Å²) in [5.74, 6) is 0.645. The van der Waals surface area contributed by atoms with Crippen molar-refractivity contribution in [3.8, 4) is 5.75 Å². The van der Waals surface area contributed by atoms with E-state index < -0.39 is 0 Å². The first-order valence-corrected chi connectivity index (χ1v) is 11.3. The molecule has 1 amide bonds. The first-order valence-electron chi connectivity index (χ1n) is 11.0. The molecule has 0 aliphatic carbocycles. The van der Waals surface area contributed by atoms with Crippen molar-refractivity contribution in [3.63, 3.8) is 0 Å². The van der Waals surface area contributed by atoms with Crippen LogP contribution in [0.1, 0.15) is 55.8 Å². The van der Waals surface area contributed by atoms with Gasteiger partial charge in [-0.25, -0.2) is 4.39 Å². The number of ether oxygens (including phenoxy) is 1. The summed E-state index contributed by atoms with van der Waals surface area (Å²) in [6.45, 7) is 8.13. The second kappa shape index (κ2) is 8.79. The molecule has 31 heavy (non-hydrogen) atoms. The quantitative estimate of drug-likeness (QED) is 0.684. The van der Waals surface area contributed by atoms with Crippen LogP contribution in [0.3, 0.4) is 0 Å². The summed E-state index contributed by atoms with van der Waals surface area (Å²) in [6, 6.07) is 10.9. The Labute approximate surface area is 188 Å². The molecule has 0 spiro atoms. The van der Waals surface area contributed by atoms with Crippen LogP contribution in [-0.4, -0.2) is 29.5 Å². The molecule has 0 saturated carbocycles. The molecule has 2 aliphatic heterocycles. The average Bonchev–Trinajstić information content (AvgIpc) is 2.70. The van der Waals surface area contributed by atoms with E-state index in [-0.39, 0.29) is 29.3 Å². The van der Waals surface area contributed by atoms with Crippen LogP contribution in [-0.2, 0) is 11.3 Å². The van der Waals surface area contributed by atoms with E-state index in [1.54, 1.807) is 12.1 Å². The highest BCUT2D eigenvalue weighted by molar-refractivity contribution is 6.31. The summed E-state index contributed by atoms with van der Waals surface area (Å²) < 4.78 is 20.2. The van der Waals surface area contributed by atoms with E-state index in [0.717, 1.165) is 49.2 Å². The van der Waals surface area contributed by atoms with Gasteiger partial charge >= 0.3 is 0 Å². The minimum Gasteiger partial charge on any atom is -0.487 e. The number of rotatable bonds is 4. The van der Waals surface area contributed by atoms with Gasteiger partial charge in [0.1, 0.15) is 17.2 Å². The fourth-order valence-corrected chi connectivity index (χ4v) is 4.86. The topological polar surface area (TPSA) is 41.6 Å². The van der Waals surface area contributed by atoms with Gasteiger partial charge in [-0.3, -0.25) is 9.69 Å². The third kappa shape index (κ3) is 5.04. The number of aryl methyl sites for hydroxylation is 1.